The van der Waals surface area contributed by atoms with Crippen LogP contribution < -0.4 is 22.1 Å². The molecule has 2 atom stereocenters. The minimum atomic E-state index is -0.588. The van der Waals surface area contributed by atoms with Crippen molar-refractivity contribution in [3.63, 3.8) is 0 Å². The number of nitrogens with one attached hydrogen (secondary N) is 3. The van der Waals surface area contributed by atoms with Crippen molar-refractivity contribution in [2.75, 3.05) is 0 Å². The van der Waals surface area contributed by atoms with Gasteiger partial charge in [-0.1, -0.05) is 29.4 Å². The maximum Gasteiger partial charge on any atom is 0.438 e. The summed E-state index contributed by atoms with van der Waals surface area (Å²) in [4.78, 5) is 58.7. The van der Waals surface area contributed by atoms with E-state index in [1.807, 2.05) is 12.2 Å². The van der Waals surface area contributed by atoms with E-state index >= 15 is 0 Å². The molecule has 5 rings (SSSR count). The number of hydrogen-bond donors (Lipinski definition) is 4. The number of benzene rings is 1. The lowest BCUT2D eigenvalue weighted by Crippen LogP contribution is -2.35. The Morgan fingerprint density at radius 1 is 1.14 bits per heavy atom. The van der Waals surface area contributed by atoms with Gasteiger partial charge in [-0.25, -0.2) is 14.8 Å². The average Bonchev–Trinajstić information content (AvgIpc) is 3.53. The number of aromatic nitrogens is 4. The second-order valence-electron chi connectivity index (χ2n) is 8.77. The minimum Gasteiger partial charge on any atom is -0.366 e. The number of primary amides is 1. The third kappa shape index (κ3) is 5.22. The van der Waals surface area contributed by atoms with Crippen LogP contribution in [0.1, 0.15) is 67.9 Å². The van der Waals surface area contributed by atoms with Crippen molar-refractivity contribution in [2.24, 2.45) is 5.73 Å². The van der Waals surface area contributed by atoms with E-state index < -0.39 is 23.5 Å². The second kappa shape index (κ2) is 10.0. The molecular formula is C25H23N7O5. The summed E-state index contributed by atoms with van der Waals surface area (Å²) in [6.07, 6.45) is 7.35. The van der Waals surface area contributed by atoms with Gasteiger partial charge in [0.2, 0.25) is 5.91 Å². The number of carbonyl (C=O) groups is 3. The van der Waals surface area contributed by atoms with Gasteiger partial charge in [0.25, 0.3) is 11.8 Å². The fourth-order valence-electron chi connectivity index (χ4n) is 4.53. The largest absolute Gasteiger partial charge is 0.438 e. The summed E-state index contributed by atoms with van der Waals surface area (Å²) in [6.45, 7) is 0.153. The van der Waals surface area contributed by atoms with Crippen LogP contribution in [-0.4, -0.2) is 43.9 Å². The van der Waals surface area contributed by atoms with E-state index in [1.54, 1.807) is 24.3 Å². The molecule has 0 spiro atoms. The predicted molar refractivity (Wildman–Crippen MR) is 129 cm³/mol. The van der Waals surface area contributed by atoms with E-state index in [0.29, 0.717) is 29.8 Å². The van der Waals surface area contributed by atoms with Crippen LogP contribution in [0.4, 0.5) is 0 Å². The third-order valence-electron chi connectivity index (χ3n) is 6.35. The van der Waals surface area contributed by atoms with Crippen molar-refractivity contribution in [3.8, 4) is 0 Å². The molecule has 2 aliphatic carbocycles. The number of nitrogens with two attached hydrogens (primary N) is 1. The quantitative estimate of drug-likeness (QED) is 0.371. The van der Waals surface area contributed by atoms with Crippen LogP contribution in [0.3, 0.4) is 0 Å². The molecule has 37 heavy (non-hydrogen) atoms. The maximum atomic E-state index is 12.9. The molecule has 0 aliphatic heterocycles. The number of H-pyrrole nitrogens is 1. The molecule has 3 amide bonds. The number of fused-ring (bicyclic) bond motifs is 1. The Labute approximate surface area is 210 Å². The first kappa shape index (κ1) is 23.9. The topological polar surface area (TPSA) is 186 Å². The van der Waals surface area contributed by atoms with Gasteiger partial charge in [-0.3, -0.25) is 23.9 Å². The molecular weight excluding hydrogens is 478 g/mol. The van der Waals surface area contributed by atoms with Gasteiger partial charge in [0.05, 0.1) is 6.04 Å². The number of amides is 3. The molecule has 1 aromatic carbocycles. The zero-order valence-electron chi connectivity index (χ0n) is 19.6. The molecule has 3 aromatic rings. The van der Waals surface area contributed by atoms with Gasteiger partial charge < -0.3 is 16.4 Å². The van der Waals surface area contributed by atoms with E-state index in [9.17, 15) is 19.2 Å². The normalized spacial score (nSPS) is 18.4. The van der Waals surface area contributed by atoms with E-state index in [2.05, 4.69) is 35.3 Å². The average molecular weight is 502 g/mol. The first-order valence-corrected chi connectivity index (χ1v) is 11.6. The van der Waals surface area contributed by atoms with Gasteiger partial charge in [-0.2, -0.15) is 0 Å². The van der Waals surface area contributed by atoms with Crippen LogP contribution >= 0.6 is 0 Å². The van der Waals surface area contributed by atoms with E-state index in [-0.39, 0.29) is 29.9 Å². The highest BCUT2D eigenvalue weighted by Crippen LogP contribution is 2.38. The van der Waals surface area contributed by atoms with Crippen molar-refractivity contribution in [2.45, 2.75) is 37.8 Å². The molecule has 0 saturated heterocycles. The molecule has 12 heteroatoms. The third-order valence-corrected chi connectivity index (χ3v) is 6.35. The summed E-state index contributed by atoms with van der Waals surface area (Å²) in [5.41, 5.74) is 8.56. The van der Waals surface area contributed by atoms with Crippen molar-refractivity contribution < 1.29 is 18.9 Å². The van der Waals surface area contributed by atoms with Crippen LogP contribution in [-0.2, 0) is 6.54 Å². The number of carbonyl (C=O) groups excluding carboxylic acids is 3. The molecule has 188 valence electrons. The second-order valence-corrected chi connectivity index (χ2v) is 8.77. The van der Waals surface area contributed by atoms with Gasteiger partial charge in [0.15, 0.2) is 5.82 Å². The van der Waals surface area contributed by atoms with E-state index in [1.165, 1.54) is 12.4 Å². The summed E-state index contributed by atoms with van der Waals surface area (Å²) in [5, 5.41) is 9.47. The SMILES string of the molecule is NC(=O)c1cccc(CNC(=O)c2cc(C(=O)N[C@H]3CCC4=CC(c5noc(=O)[nH]5)CC=C43)ncn2)c1. The van der Waals surface area contributed by atoms with Gasteiger partial charge >= 0.3 is 5.76 Å². The molecule has 5 N–H and O–H groups in total. The fraction of sp³-hybridized carbons (Fsp3) is 0.240. The lowest BCUT2D eigenvalue weighted by Gasteiger charge is -2.20. The molecule has 2 aromatic heterocycles. The molecule has 2 heterocycles. The molecule has 1 saturated carbocycles. The Bertz CT molecular complexity index is 1500. The van der Waals surface area contributed by atoms with E-state index in [4.69, 9.17) is 5.73 Å². The van der Waals surface area contributed by atoms with Crippen LogP contribution in [0.2, 0.25) is 0 Å². The number of nitrogens with zero attached hydrogens (tertiary/aromatic N) is 3. The highest BCUT2D eigenvalue weighted by Gasteiger charge is 2.31. The summed E-state index contributed by atoms with van der Waals surface area (Å²) in [7, 11) is 0. The zero-order valence-corrected chi connectivity index (χ0v) is 19.6. The van der Waals surface area contributed by atoms with Gasteiger partial charge in [0.1, 0.15) is 17.7 Å². The van der Waals surface area contributed by atoms with Crippen molar-refractivity contribution in [3.05, 3.63) is 98.8 Å². The number of aromatic amines is 1. The van der Waals surface area contributed by atoms with Crippen LogP contribution in [0.25, 0.3) is 0 Å². The van der Waals surface area contributed by atoms with Gasteiger partial charge in [-0.15, -0.1) is 0 Å². The number of rotatable bonds is 7. The standard InChI is InChI=1S/C25H23N7O5/c26-21(33)15-3-1-2-13(8-15)11-27-23(34)19-10-20(29-12-28-19)24(35)30-18-7-5-14-9-16(4-6-17(14)18)22-31-25(36)37-32-22/h1-3,6,8-10,12,16,18H,4-5,7,11H2,(H2,26,33)(H,27,34)(H,30,35)(H,31,32,36)/t16?,18-/m0/s1. The Balaban J connectivity index is 1.21. The zero-order chi connectivity index (χ0) is 25.9. The molecule has 1 unspecified atom stereocenters. The Morgan fingerprint density at radius 3 is 2.70 bits per heavy atom. The predicted octanol–water partition coefficient (Wildman–Crippen LogP) is 1.11. The van der Waals surface area contributed by atoms with Crippen molar-refractivity contribution >= 4 is 17.7 Å². The Morgan fingerprint density at radius 2 is 1.95 bits per heavy atom. The van der Waals surface area contributed by atoms with Crippen LogP contribution in [0, 0.1) is 0 Å². The van der Waals surface area contributed by atoms with Gasteiger partial charge in [-0.05, 0) is 48.1 Å². The first-order valence-electron chi connectivity index (χ1n) is 11.6. The fourth-order valence-corrected chi connectivity index (χ4v) is 4.53. The Hall–Kier alpha value is -4.87. The van der Waals surface area contributed by atoms with Crippen molar-refractivity contribution in [1.29, 1.82) is 0 Å². The number of allylic oxidation sites excluding steroid dienone is 2. The maximum absolute atomic E-state index is 12.9. The lowest BCUT2D eigenvalue weighted by molar-refractivity contribution is 0.0936. The summed E-state index contributed by atoms with van der Waals surface area (Å²) < 4.78 is 4.60. The van der Waals surface area contributed by atoms with Crippen LogP contribution in [0.5, 0.6) is 0 Å². The molecule has 0 bridgehead atoms. The molecule has 1 fully saturated rings. The minimum absolute atomic E-state index is 0.0412. The summed E-state index contributed by atoms with van der Waals surface area (Å²) in [5.74, 6) is -1.65. The molecule has 12 nitrogen and oxygen atoms in total. The van der Waals surface area contributed by atoms with Gasteiger partial charge in [0, 0.05) is 24.1 Å². The highest BCUT2D eigenvalue weighted by molar-refractivity contribution is 5.97. The van der Waals surface area contributed by atoms with E-state index in [0.717, 1.165) is 17.6 Å². The molecule has 2 aliphatic rings. The lowest BCUT2D eigenvalue weighted by atomic mass is 9.90. The summed E-state index contributed by atoms with van der Waals surface area (Å²) in [6, 6.07) is 7.76. The van der Waals surface area contributed by atoms with Crippen molar-refractivity contribution in [1.82, 2.24) is 30.7 Å². The van der Waals surface area contributed by atoms with Crippen LogP contribution in [0.15, 0.2) is 69.3 Å². The smallest absolute Gasteiger partial charge is 0.366 e. The monoisotopic (exact) mass is 501 g/mol. The highest BCUT2D eigenvalue weighted by atomic mass is 16.5. The molecule has 0 radical (unpaired) electrons. The number of hydrogen-bond acceptors (Lipinski definition) is 8. The summed E-state index contributed by atoms with van der Waals surface area (Å²) >= 11 is 0. The Kier molecular flexibility index (Phi) is 6.45. The first-order chi connectivity index (χ1) is 17.9.